The first-order valence-corrected chi connectivity index (χ1v) is 11.9. The van der Waals surface area contributed by atoms with Crippen LogP contribution in [0, 0.1) is 5.92 Å². The molecule has 1 fully saturated rings. The van der Waals surface area contributed by atoms with Gasteiger partial charge >= 0.3 is 6.18 Å². The van der Waals surface area contributed by atoms with Crippen molar-refractivity contribution in [3.63, 3.8) is 0 Å². The number of piperidine rings is 1. The quantitative estimate of drug-likeness (QED) is 0.454. The Labute approximate surface area is 197 Å². The zero-order chi connectivity index (χ0) is 24.1. The van der Waals surface area contributed by atoms with Crippen LogP contribution in [0.5, 0.6) is 0 Å². The van der Waals surface area contributed by atoms with Crippen molar-refractivity contribution in [1.82, 2.24) is 10.2 Å². The predicted octanol–water partition coefficient (Wildman–Crippen LogP) is 3.80. The summed E-state index contributed by atoms with van der Waals surface area (Å²) in [6, 6.07) is 6.53. The molecule has 1 aliphatic carbocycles. The van der Waals surface area contributed by atoms with Crippen molar-refractivity contribution < 1.29 is 27.1 Å². The minimum absolute atomic E-state index is 0.0648. The summed E-state index contributed by atoms with van der Waals surface area (Å²) in [5.41, 5.74) is 4.19. The average molecular weight is 482 g/mol. The van der Waals surface area contributed by atoms with E-state index in [4.69, 9.17) is 4.74 Å². The minimum atomic E-state index is -4.28. The van der Waals surface area contributed by atoms with Gasteiger partial charge in [-0.3, -0.25) is 9.79 Å². The van der Waals surface area contributed by atoms with Gasteiger partial charge in [0.1, 0.15) is 6.67 Å². The monoisotopic (exact) mass is 481 g/mol. The molecular formula is C25H31F4N3O2. The first kappa shape index (κ1) is 24.9. The molecule has 9 heteroatoms. The van der Waals surface area contributed by atoms with Crippen molar-refractivity contribution >= 4 is 11.6 Å². The number of hydrogen-bond donors (Lipinski definition) is 1. The van der Waals surface area contributed by atoms with E-state index in [1.807, 2.05) is 4.90 Å². The maximum atomic E-state index is 12.9. The summed E-state index contributed by atoms with van der Waals surface area (Å²) in [7, 11) is 0. The molecule has 0 bridgehead atoms. The van der Waals surface area contributed by atoms with Crippen molar-refractivity contribution in [1.29, 1.82) is 0 Å². The summed E-state index contributed by atoms with van der Waals surface area (Å²) in [6.07, 6.45) is 1.62. The number of aliphatic imine (C=N–C) groups is 1. The van der Waals surface area contributed by atoms with Gasteiger partial charge in [-0.05, 0) is 48.4 Å². The second kappa shape index (κ2) is 11.0. The van der Waals surface area contributed by atoms with Crippen LogP contribution in [0.4, 0.5) is 17.6 Å². The van der Waals surface area contributed by atoms with Gasteiger partial charge in [-0.15, -0.1) is 0 Å². The molecule has 0 radical (unpaired) electrons. The van der Waals surface area contributed by atoms with E-state index in [9.17, 15) is 22.4 Å². The lowest BCUT2D eigenvalue weighted by Crippen LogP contribution is -2.49. The molecule has 2 aliphatic heterocycles. The van der Waals surface area contributed by atoms with Gasteiger partial charge in [0.2, 0.25) is 5.91 Å². The van der Waals surface area contributed by atoms with Crippen LogP contribution in [-0.2, 0) is 28.9 Å². The number of carbonyl (C=O) groups is 1. The van der Waals surface area contributed by atoms with E-state index >= 15 is 0 Å². The molecule has 0 saturated carbocycles. The van der Waals surface area contributed by atoms with Gasteiger partial charge in [0.05, 0.1) is 37.3 Å². The molecule has 4 rings (SSSR count). The highest BCUT2D eigenvalue weighted by atomic mass is 19.4. The highest BCUT2D eigenvalue weighted by Crippen LogP contribution is 2.30. The molecule has 1 saturated heterocycles. The summed E-state index contributed by atoms with van der Waals surface area (Å²) >= 11 is 0. The van der Waals surface area contributed by atoms with Crippen LogP contribution in [0.25, 0.3) is 0 Å². The first-order chi connectivity index (χ1) is 16.3. The van der Waals surface area contributed by atoms with E-state index in [0.29, 0.717) is 31.8 Å². The predicted molar refractivity (Wildman–Crippen MR) is 122 cm³/mol. The Morgan fingerprint density at radius 2 is 2.03 bits per heavy atom. The van der Waals surface area contributed by atoms with Gasteiger partial charge in [-0.1, -0.05) is 24.3 Å². The molecule has 3 aliphatic rings. The highest BCUT2D eigenvalue weighted by Gasteiger charge is 2.38. The Bertz CT molecular complexity index is 931. The Hall–Kier alpha value is -2.26. The fraction of sp³-hybridized carbons (Fsp3) is 0.600. The molecule has 1 aromatic rings. The summed E-state index contributed by atoms with van der Waals surface area (Å²) < 4.78 is 56.3. The fourth-order valence-electron chi connectivity index (χ4n) is 4.88. The van der Waals surface area contributed by atoms with Crippen LogP contribution >= 0.6 is 0 Å². The van der Waals surface area contributed by atoms with Crippen LogP contribution in [0.1, 0.15) is 36.0 Å². The maximum Gasteiger partial charge on any atom is 0.396 e. The number of carbonyl (C=O) groups excluding carboxylic acids is 1. The SMILES string of the molecule is O=C1CC(OCC2=NCC(C(F)(F)F)C=C2)CCN1C1CCc2cc(CNCCF)ccc2C1. The van der Waals surface area contributed by atoms with Gasteiger partial charge < -0.3 is 15.0 Å². The number of hydrogen-bond acceptors (Lipinski definition) is 4. The molecule has 1 N–H and O–H groups in total. The number of likely N-dealkylation sites (tertiary alicyclic amines) is 1. The Kier molecular flexibility index (Phi) is 8.03. The number of nitrogens with one attached hydrogen (secondary N) is 1. The molecule has 3 atom stereocenters. The molecule has 2 heterocycles. The smallest absolute Gasteiger partial charge is 0.371 e. The molecule has 0 spiro atoms. The van der Waals surface area contributed by atoms with Gasteiger partial charge in [-0.2, -0.15) is 13.2 Å². The van der Waals surface area contributed by atoms with Crippen molar-refractivity contribution in [2.24, 2.45) is 10.9 Å². The number of alkyl halides is 4. The van der Waals surface area contributed by atoms with Gasteiger partial charge in [-0.25, -0.2) is 4.39 Å². The number of amides is 1. The molecule has 186 valence electrons. The Morgan fingerprint density at radius 3 is 2.74 bits per heavy atom. The van der Waals surface area contributed by atoms with E-state index in [0.717, 1.165) is 30.9 Å². The van der Waals surface area contributed by atoms with E-state index < -0.39 is 12.1 Å². The zero-order valence-corrected chi connectivity index (χ0v) is 19.1. The van der Waals surface area contributed by atoms with E-state index in [2.05, 4.69) is 28.5 Å². The number of aryl methyl sites for hydroxylation is 1. The largest absolute Gasteiger partial charge is 0.396 e. The number of ether oxygens (including phenoxy) is 1. The lowest BCUT2D eigenvalue weighted by atomic mass is 9.85. The number of benzene rings is 1. The molecule has 3 unspecified atom stereocenters. The average Bonchev–Trinajstić information content (AvgIpc) is 2.82. The van der Waals surface area contributed by atoms with Crippen molar-refractivity contribution in [3.8, 4) is 0 Å². The second-order valence-electron chi connectivity index (χ2n) is 9.22. The Morgan fingerprint density at radius 1 is 1.18 bits per heavy atom. The highest BCUT2D eigenvalue weighted by molar-refractivity contribution is 5.96. The van der Waals surface area contributed by atoms with Crippen LogP contribution in [0.2, 0.25) is 0 Å². The number of nitrogens with zero attached hydrogens (tertiary/aromatic N) is 2. The lowest BCUT2D eigenvalue weighted by molar-refractivity contribution is -0.158. The summed E-state index contributed by atoms with van der Waals surface area (Å²) in [6.45, 7) is 1.05. The van der Waals surface area contributed by atoms with Crippen LogP contribution < -0.4 is 5.32 Å². The lowest BCUT2D eigenvalue weighted by Gasteiger charge is -2.39. The molecule has 5 nitrogen and oxygen atoms in total. The topological polar surface area (TPSA) is 53.9 Å². The fourth-order valence-corrected chi connectivity index (χ4v) is 4.88. The van der Waals surface area contributed by atoms with Crippen LogP contribution in [0.3, 0.4) is 0 Å². The molecular weight excluding hydrogens is 450 g/mol. The van der Waals surface area contributed by atoms with Crippen LogP contribution in [-0.4, -0.2) is 67.8 Å². The van der Waals surface area contributed by atoms with Crippen molar-refractivity contribution in [2.45, 2.75) is 57.0 Å². The maximum absolute atomic E-state index is 12.9. The minimum Gasteiger partial charge on any atom is -0.371 e. The summed E-state index contributed by atoms with van der Waals surface area (Å²) in [5, 5.41) is 3.07. The number of fused-ring (bicyclic) bond motifs is 1. The molecule has 1 aromatic carbocycles. The van der Waals surface area contributed by atoms with Gasteiger partial charge in [0.15, 0.2) is 0 Å². The summed E-state index contributed by atoms with van der Waals surface area (Å²) in [5.74, 6) is -1.47. The Balaban J connectivity index is 1.24. The molecule has 34 heavy (non-hydrogen) atoms. The first-order valence-electron chi connectivity index (χ1n) is 11.9. The third-order valence-electron chi connectivity index (χ3n) is 6.83. The van der Waals surface area contributed by atoms with Crippen molar-refractivity contribution in [3.05, 3.63) is 47.0 Å². The number of dihydropyridines is 1. The van der Waals surface area contributed by atoms with E-state index in [-0.39, 0.29) is 44.3 Å². The number of halogens is 4. The second-order valence-corrected chi connectivity index (χ2v) is 9.22. The normalized spacial score (nSPS) is 25.3. The number of rotatable bonds is 8. The zero-order valence-electron chi connectivity index (χ0n) is 19.1. The third-order valence-corrected chi connectivity index (χ3v) is 6.83. The summed E-state index contributed by atoms with van der Waals surface area (Å²) in [4.78, 5) is 18.8. The van der Waals surface area contributed by atoms with Gasteiger partial charge in [0.25, 0.3) is 0 Å². The van der Waals surface area contributed by atoms with E-state index in [1.54, 1.807) is 0 Å². The standard InChI is InChI=1S/C25H31F4N3O2/c26-8-9-30-14-17-1-2-19-12-22(6-3-18(19)11-17)32-10-7-23(13-24(32)33)34-16-21-5-4-20(15-31-21)25(27,28)29/h1-2,4-5,11,20,22-23,30H,3,6-10,12-16H2. The molecule has 1 amide bonds. The van der Waals surface area contributed by atoms with Crippen molar-refractivity contribution in [2.75, 3.05) is 32.9 Å². The molecule has 0 aromatic heterocycles. The van der Waals surface area contributed by atoms with Crippen LogP contribution in [0.15, 0.2) is 35.3 Å². The van der Waals surface area contributed by atoms with E-state index in [1.165, 1.54) is 17.2 Å². The third kappa shape index (κ3) is 6.24. The van der Waals surface area contributed by atoms with Gasteiger partial charge in [0, 0.05) is 25.7 Å².